The molecule has 0 bridgehead atoms. The van der Waals surface area contributed by atoms with Crippen molar-refractivity contribution < 1.29 is 18.3 Å². The number of carboxylic acids is 1. The van der Waals surface area contributed by atoms with E-state index >= 15 is 0 Å². The Morgan fingerprint density at radius 1 is 1.30 bits per heavy atom. The zero-order valence-corrected chi connectivity index (χ0v) is 12.6. The number of carbonyl (C=O) groups is 1. The van der Waals surface area contributed by atoms with Crippen molar-refractivity contribution in [3.8, 4) is 0 Å². The van der Waals surface area contributed by atoms with Gasteiger partial charge in [-0.1, -0.05) is 26.0 Å². The number of hydrogen-bond donors (Lipinski definition) is 2. The molecule has 5 nitrogen and oxygen atoms in total. The molecule has 1 unspecified atom stereocenters. The van der Waals surface area contributed by atoms with Crippen LogP contribution in [-0.4, -0.2) is 26.0 Å². The van der Waals surface area contributed by atoms with Crippen molar-refractivity contribution in [1.29, 1.82) is 0 Å². The topological polar surface area (TPSA) is 83.5 Å². The highest BCUT2D eigenvalue weighted by Crippen LogP contribution is 2.11. The zero-order chi connectivity index (χ0) is 15.2. The minimum Gasteiger partial charge on any atom is -0.481 e. The lowest BCUT2D eigenvalue weighted by Gasteiger charge is -2.09. The SMILES string of the molecule is CCc1ccc(S(=O)(=O)NCCCC(C)C(=O)O)cc1. The van der Waals surface area contributed by atoms with E-state index in [0.29, 0.717) is 12.8 Å². The summed E-state index contributed by atoms with van der Waals surface area (Å²) in [6.45, 7) is 3.86. The Morgan fingerprint density at radius 3 is 2.40 bits per heavy atom. The van der Waals surface area contributed by atoms with Crippen LogP contribution in [0.15, 0.2) is 29.2 Å². The smallest absolute Gasteiger partial charge is 0.306 e. The van der Waals surface area contributed by atoms with Crippen LogP contribution >= 0.6 is 0 Å². The van der Waals surface area contributed by atoms with Crippen LogP contribution in [0, 0.1) is 5.92 Å². The van der Waals surface area contributed by atoms with Crippen LogP contribution in [0.1, 0.15) is 32.3 Å². The Kier molecular flexibility index (Phi) is 6.16. The van der Waals surface area contributed by atoms with Crippen molar-refractivity contribution in [2.75, 3.05) is 6.54 Å². The lowest BCUT2D eigenvalue weighted by atomic mass is 10.1. The molecular formula is C14H21NO4S. The number of aryl methyl sites for hydroxylation is 1. The van der Waals surface area contributed by atoms with Crippen LogP contribution in [-0.2, 0) is 21.2 Å². The minimum absolute atomic E-state index is 0.237. The first kappa shape index (κ1) is 16.7. The van der Waals surface area contributed by atoms with Crippen LogP contribution in [0.2, 0.25) is 0 Å². The Balaban J connectivity index is 2.51. The van der Waals surface area contributed by atoms with E-state index in [-0.39, 0.29) is 11.4 Å². The third kappa shape index (κ3) is 4.94. The summed E-state index contributed by atoms with van der Waals surface area (Å²) >= 11 is 0. The van der Waals surface area contributed by atoms with Crippen LogP contribution in [0.4, 0.5) is 0 Å². The first-order valence-corrected chi connectivity index (χ1v) is 8.16. The summed E-state index contributed by atoms with van der Waals surface area (Å²) in [7, 11) is -3.50. The van der Waals surface area contributed by atoms with Gasteiger partial charge >= 0.3 is 5.97 Å². The maximum absolute atomic E-state index is 12.0. The molecule has 0 saturated heterocycles. The second kappa shape index (κ2) is 7.40. The maximum Gasteiger partial charge on any atom is 0.306 e. The van der Waals surface area contributed by atoms with Crippen LogP contribution in [0.5, 0.6) is 0 Å². The Morgan fingerprint density at radius 2 is 1.90 bits per heavy atom. The van der Waals surface area contributed by atoms with Crippen LogP contribution < -0.4 is 4.72 Å². The van der Waals surface area contributed by atoms with Gasteiger partial charge in [0.2, 0.25) is 10.0 Å². The average molecular weight is 299 g/mol. The average Bonchev–Trinajstić information content (AvgIpc) is 2.43. The standard InChI is InChI=1S/C14H21NO4S/c1-3-12-6-8-13(9-7-12)20(18,19)15-10-4-5-11(2)14(16)17/h6-9,11,15H,3-5,10H2,1-2H3,(H,16,17). The Hall–Kier alpha value is -1.40. The van der Waals surface area contributed by atoms with Gasteiger partial charge in [-0.3, -0.25) is 4.79 Å². The van der Waals surface area contributed by atoms with Crippen LogP contribution in [0.25, 0.3) is 0 Å². The molecular weight excluding hydrogens is 278 g/mol. The molecule has 1 rings (SSSR count). The van der Waals surface area contributed by atoms with Crippen molar-refractivity contribution >= 4 is 16.0 Å². The Bertz CT molecular complexity index is 537. The van der Waals surface area contributed by atoms with Crippen molar-refractivity contribution in [2.24, 2.45) is 5.92 Å². The molecule has 2 N–H and O–H groups in total. The monoisotopic (exact) mass is 299 g/mol. The number of hydrogen-bond acceptors (Lipinski definition) is 3. The zero-order valence-electron chi connectivity index (χ0n) is 11.8. The molecule has 0 aliphatic rings. The molecule has 112 valence electrons. The molecule has 0 aromatic heterocycles. The summed E-state index contributed by atoms with van der Waals surface area (Å²) in [6, 6.07) is 6.75. The van der Waals surface area contributed by atoms with Gasteiger partial charge in [0, 0.05) is 6.54 Å². The molecule has 1 aromatic carbocycles. The molecule has 6 heteroatoms. The third-order valence-electron chi connectivity index (χ3n) is 3.17. The number of sulfonamides is 1. The summed E-state index contributed by atoms with van der Waals surface area (Å²) in [5.41, 5.74) is 1.08. The van der Waals surface area contributed by atoms with Gasteiger partial charge in [0.15, 0.2) is 0 Å². The second-order valence-electron chi connectivity index (χ2n) is 4.78. The van der Waals surface area contributed by atoms with Gasteiger partial charge in [-0.15, -0.1) is 0 Å². The summed E-state index contributed by atoms with van der Waals surface area (Å²) in [5.74, 6) is -1.31. The maximum atomic E-state index is 12.0. The van der Waals surface area contributed by atoms with Gasteiger partial charge in [-0.2, -0.15) is 0 Å². The van der Waals surface area contributed by atoms with Crippen molar-refractivity contribution in [2.45, 2.75) is 38.0 Å². The fraction of sp³-hybridized carbons (Fsp3) is 0.500. The fourth-order valence-corrected chi connectivity index (χ4v) is 2.80. The van der Waals surface area contributed by atoms with Crippen molar-refractivity contribution in [3.63, 3.8) is 0 Å². The summed E-state index contributed by atoms with van der Waals surface area (Å²) in [4.78, 5) is 10.9. The normalized spacial score (nSPS) is 13.1. The van der Waals surface area contributed by atoms with Gasteiger partial charge in [0.05, 0.1) is 10.8 Å². The van der Waals surface area contributed by atoms with E-state index in [2.05, 4.69) is 4.72 Å². The molecule has 1 aromatic rings. The summed E-state index contributed by atoms with van der Waals surface area (Å²) in [6.07, 6.45) is 1.81. The lowest BCUT2D eigenvalue weighted by Crippen LogP contribution is -2.25. The molecule has 0 heterocycles. The number of aliphatic carboxylic acids is 1. The van der Waals surface area contributed by atoms with Gasteiger partial charge in [-0.25, -0.2) is 13.1 Å². The van der Waals surface area contributed by atoms with Crippen molar-refractivity contribution in [3.05, 3.63) is 29.8 Å². The van der Waals surface area contributed by atoms with Crippen LogP contribution in [0.3, 0.4) is 0 Å². The molecule has 0 aliphatic carbocycles. The predicted octanol–water partition coefficient (Wildman–Crippen LogP) is 2.03. The van der Waals surface area contributed by atoms with Crippen molar-refractivity contribution in [1.82, 2.24) is 4.72 Å². The van der Waals surface area contributed by atoms with Gasteiger partial charge < -0.3 is 5.11 Å². The lowest BCUT2D eigenvalue weighted by molar-refractivity contribution is -0.141. The van der Waals surface area contributed by atoms with Gasteiger partial charge in [0.25, 0.3) is 0 Å². The minimum atomic E-state index is -3.50. The fourth-order valence-electron chi connectivity index (χ4n) is 1.73. The summed E-state index contributed by atoms with van der Waals surface area (Å²) in [5, 5.41) is 8.73. The number of rotatable bonds is 8. The Labute approximate surface area is 120 Å². The van der Waals surface area contributed by atoms with E-state index in [1.807, 2.05) is 6.92 Å². The molecule has 0 aliphatic heterocycles. The van der Waals surface area contributed by atoms with E-state index in [1.165, 1.54) is 0 Å². The van der Waals surface area contributed by atoms with E-state index in [4.69, 9.17) is 5.11 Å². The van der Waals surface area contributed by atoms with E-state index in [0.717, 1.165) is 12.0 Å². The highest BCUT2D eigenvalue weighted by Gasteiger charge is 2.14. The number of nitrogens with one attached hydrogen (secondary N) is 1. The quantitative estimate of drug-likeness (QED) is 0.719. The first-order chi connectivity index (χ1) is 9.36. The largest absolute Gasteiger partial charge is 0.481 e. The molecule has 20 heavy (non-hydrogen) atoms. The second-order valence-corrected chi connectivity index (χ2v) is 6.54. The number of carboxylic acid groups (broad SMARTS) is 1. The predicted molar refractivity (Wildman–Crippen MR) is 77.0 cm³/mol. The number of benzene rings is 1. The van der Waals surface area contributed by atoms with E-state index in [1.54, 1.807) is 31.2 Å². The molecule has 0 spiro atoms. The highest BCUT2D eigenvalue weighted by molar-refractivity contribution is 7.89. The third-order valence-corrected chi connectivity index (χ3v) is 4.65. The van der Waals surface area contributed by atoms with Gasteiger partial charge in [0.1, 0.15) is 0 Å². The summed E-state index contributed by atoms with van der Waals surface area (Å²) < 4.78 is 26.5. The van der Waals surface area contributed by atoms with Gasteiger partial charge in [-0.05, 0) is 37.0 Å². The molecule has 0 fully saturated rings. The molecule has 0 saturated carbocycles. The first-order valence-electron chi connectivity index (χ1n) is 6.68. The van der Waals surface area contributed by atoms with E-state index in [9.17, 15) is 13.2 Å². The van der Waals surface area contributed by atoms with E-state index < -0.39 is 21.9 Å². The molecule has 0 radical (unpaired) electrons. The highest BCUT2D eigenvalue weighted by atomic mass is 32.2. The molecule has 0 amide bonds. The molecule has 1 atom stereocenters.